The molecule has 1 aromatic heterocycles. The number of rotatable bonds is 1. The summed E-state index contributed by atoms with van der Waals surface area (Å²) in [4.78, 5) is 4.38. The zero-order chi connectivity index (χ0) is 15.9. The molecule has 2 bridgehead atoms. The van der Waals surface area contributed by atoms with Crippen LogP contribution in [0, 0.1) is 23.2 Å². The molecule has 0 radical (unpaired) electrons. The van der Waals surface area contributed by atoms with Gasteiger partial charge in [-0.2, -0.15) is 0 Å². The number of imidazole rings is 1. The van der Waals surface area contributed by atoms with Gasteiger partial charge in [0.15, 0.2) is 0 Å². The number of nitrogens with zero attached hydrogens (tertiary/aromatic N) is 2. The summed E-state index contributed by atoms with van der Waals surface area (Å²) in [7, 11) is 0. The molecular formula is C20H23N3O. The third kappa shape index (κ3) is 1.42. The lowest BCUT2D eigenvalue weighted by Gasteiger charge is -2.60. The molecule has 4 nitrogen and oxygen atoms in total. The number of benzene rings is 1. The summed E-state index contributed by atoms with van der Waals surface area (Å²) < 4.78 is 2.30. The molecule has 2 aliphatic carbocycles. The van der Waals surface area contributed by atoms with E-state index in [-0.39, 0.29) is 17.6 Å². The fourth-order valence-electron chi connectivity index (χ4n) is 6.58. The first kappa shape index (κ1) is 13.6. The lowest BCUT2D eigenvalue weighted by Crippen LogP contribution is -2.64. The average molecular weight is 321 g/mol. The SMILES string of the molecule is O[C@@H]1[C@@H]([C@@H]2c3ccccc3-c3cncn32)CC12C1CCC2CNC1. The minimum atomic E-state index is -0.177. The van der Waals surface area contributed by atoms with Gasteiger partial charge < -0.3 is 15.0 Å². The van der Waals surface area contributed by atoms with Gasteiger partial charge in [-0.25, -0.2) is 4.98 Å². The van der Waals surface area contributed by atoms with Crippen LogP contribution in [0.1, 0.15) is 30.9 Å². The van der Waals surface area contributed by atoms with Gasteiger partial charge in [0, 0.05) is 16.9 Å². The Labute approximate surface area is 141 Å². The Morgan fingerprint density at radius 1 is 1.17 bits per heavy atom. The predicted molar refractivity (Wildman–Crippen MR) is 91.4 cm³/mol. The van der Waals surface area contributed by atoms with Gasteiger partial charge in [0.05, 0.1) is 30.4 Å². The molecule has 3 heterocycles. The monoisotopic (exact) mass is 321 g/mol. The normalized spacial score (nSPS) is 42.0. The average Bonchev–Trinajstić information content (AvgIpc) is 3.23. The summed E-state index contributed by atoms with van der Waals surface area (Å²) in [6.45, 7) is 2.19. The molecule has 2 N–H and O–H groups in total. The van der Waals surface area contributed by atoms with Crippen molar-refractivity contribution in [3.05, 3.63) is 42.4 Å². The van der Waals surface area contributed by atoms with E-state index < -0.39 is 0 Å². The summed E-state index contributed by atoms with van der Waals surface area (Å²) >= 11 is 0. The number of piperidine rings is 1. The van der Waals surface area contributed by atoms with Crippen molar-refractivity contribution in [2.75, 3.05) is 13.1 Å². The van der Waals surface area contributed by atoms with Gasteiger partial charge in [-0.1, -0.05) is 24.3 Å². The molecule has 1 aromatic carbocycles. The molecule has 124 valence electrons. The van der Waals surface area contributed by atoms with Crippen LogP contribution in [0.5, 0.6) is 0 Å². The second kappa shape index (κ2) is 4.50. The van der Waals surface area contributed by atoms with Crippen LogP contribution in [0.15, 0.2) is 36.8 Å². The smallest absolute Gasteiger partial charge is 0.0956 e. The number of aromatic nitrogens is 2. The van der Waals surface area contributed by atoms with Crippen molar-refractivity contribution < 1.29 is 5.11 Å². The molecule has 4 aliphatic rings. The van der Waals surface area contributed by atoms with E-state index >= 15 is 0 Å². The molecule has 2 unspecified atom stereocenters. The number of aliphatic hydroxyl groups is 1. The maximum atomic E-state index is 11.4. The maximum Gasteiger partial charge on any atom is 0.0956 e. The first-order valence-corrected chi connectivity index (χ1v) is 9.30. The highest BCUT2D eigenvalue weighted by molar-refractivity contribution is 5.69. The van der Waals surface area contributed by atoms with Crippen molar-refractivity contribution >= 4 is 0 Å². The highest BCUT2D eigenvalue weighted by Crippen LogP contribution is 2.66. The van der Waals surface area contributed by atoms with Gasteiger partial charge in [-0.3, -0.25) is 0 Å². The topological polar surface area (TPSA) is 50.1 Å². The molecule has 5 atom stereocenters. The first-order chi connectivity index (χ1) is 11.8. The molecule has 0 amide bonds. The van der Waals surface area contributed by atoms with E-state index in [1.807, 2.05) is 12.5 Å². The van der Waals surface area contributed by atoms with Crippen molar-refractivity contribution in [1.82, 2.24) is 14.9 Å². The highest BCUT2D eigenvalue weighted by Gasteiger charge is 2.66. The van der Waals surface area contributed by atoms with Crippen LogP contribution in [-0.2, 0) is 0 Å². The molecule has 2 aromatic rings. The van der Waals surface area contributed by atoms with Crippen LogP contribution in [0.4, 0.5) is 0 Å². The molecule has 1 spiro atoms. The maximum absolute atomic E-state index is 11.4. The minimum absolute atomic E-state index is 0.177. The third-order valence-corrected chi connectivity index (χ3v) is 7.64. The van der Waals surface area contributed by atoms with E-state index in [0.717, 1.165) is 13.1 Å². The van der Waals surface area contributed by atoms with Crippen molar-refractivity contribution in [3.8, 4) is 11.3 Å². The summed E-state index contributed by atoms with van der Waals surface area (Å²) in [6.07, 6.45) is 7.49. The van der Waals surface area contributed by atoms with E-state index in [1.165, 1.54) is 36.1 Å². The Balaban J connectivity index is 1.40. The zero-order valence-corrected chi connectivity index (χ0v) is 13.7. The van der Waals surface area contributed by atoms with E-state index in [0.29, 0.717) is 17.8 Å². The van der Waals surface area contributed by atoms with E-state index in [1.54, 1.807) is 0 Å². The largest absolute Gasteiger partial charge is 0.392 e. The molecule has 1 saturated heterocycles. The molecule has 3 fully saturated rings. The van der Waals surface area contributed by atoms with Gasteiger partial charge in [0.2, 0.25) is 0 Å². The minimum Gasteiger partial charge on any atom is -0.392 e. The number of hydrogen-bond acceptors (Lipinski definition) is 3. The van der Waals surface area contributed by atoms with Crippen molar-refractivity contribution in [3.63, 3.8) is 0 Å². The van der Waals surface area contributed by atoms with Gasteiger partial charge >= 0.3 is 0 Å². The van der Waals surface area contributed by atoms with Crippen molar-refractivity contribution in [2.45, 2.75) is 31.4 Å². The van der Waals surface area contributed by atoms with Gasteiger partial charge in [-0.15, -0.1) is 0 Å². The van der Waals surface area contributed by atoms with Crippen LogP contribution >= 0.6 is 0 Å². The lowest BCUT2D eigenvalue weighted by molar-refractivity contribution is -0.182. The lowest BCUT2D eigenvalue weighted by atomic mass is 9.48. The van der Waals surface area contributed by atoms with Gasteiger partial charge in [0.25, 0.3) is 0 Å². The van der Waals surface area contributed by atoms with Crippen LogP contribution in [0.3, 0.4) is 0 Å². The quantitative estimate of drug-likeness (QED) is 0.848. The number of hydrogen-bond donors (Lipinski definition) is 2. The van der Waals surface area contributed by atoms with Gasteiger partial charge in [0.1, 0.15) is 0 Å². The van der Waals surface area contributed by atoms with E-state index in [4.69, 9.17) is 0 Å². The standard InChI is InChI=1S/C20H23N3O/c24-19-16(7-20(19)12-5-6-13(20)9-21-8-12)18-15-4-2-1-3-14(15)17-10-22-11-23(17)18/h1-4,10-13,16,18-19,21,24H,5-9H2/t12?,13?,16-,18+,19-,20?/m1/s1. The molecule has 24 heavy (non-hydrogen) atoms. The molecular weight excluding hydrogens is 298 g/mol. The van der Waals surface area contributed by atoms with Crippen LogP contribution in [0.25, 0.3) is 11.3 Å². The second-order valence-corrected chi connectivity index (χ2v) is 8.27. The zero-order valence-electron chi connectivity index (χ0n) is 13.7. The molecule has 4 heteroatoms. The summed E-state index contributed by atoms with van der Waals surface area (Å²) in [5.74, 6) is 1.66. The fourth-order valence-corrected chi connectivity index (χ4v) is 6.58. The number of aliphatic hydroxyl groups excluding tert-OH is 1. The third-order valence-electron chi connectivity index (χ3n) is 7.64. The van der Waals surface area contributed by atoms with E-state index in [9.17, 15) is 5.11 Å². The first-order valence-electron chi connectivity index (χ1n) is 9.30. The Bertz CT molecular complexity index is 797. The van der Waals surface area contributed by atoms with Crippen molar-refractivity contribution in [1.29, 1.82) is 0 Å². The number of fused-ring (bicyclic) bond motifs is 3. The summed E-state index contributed by atoms with van der Waals surface area (Å²) in [5, 5.41) is 14.9. The van der Waals surface area contributed by atoms with Gasteiger partial charge in [-0.05, 0) is 49.8 Å². The van der Waals surface area contributed by atoms with E-state index in [2.05, 4.69) is 39.1 Å². The van der Waals surface area contributed by atoms with Crippen LogP contribution in [0.2, 0.25) is 0 Å². The Hall–Kier alpha value is -1.65. The van der Waals surface area contributed by atoms with Crippen molar-refractivity contribution in [2.24, 2.45) is 23.2 Å². The fraction of sp³-hybridized carbons (Fsp3) is 0.550. The molecule has 6 rings (SSSR count). The predicted octanol–water partition coefficient (Wildman–Crippen LogP) is 2.45. The van der Waals surface area contributed by atoms with Crippen LogP contribution < -0.4 is 5.32 Å². The van der Waals surface area contributed by atoms with Crippen LogP contribution in [-0.4, -0.2) is 33.9 Å². The Kier molecular flexibility index (Phi) is 2.55. The Morgan fingerprint density at radius 2 is 1.96 bits per heavy atom. The molecule has 2 saturated carbocycles. The molecule has 2 aliphatic heterocycles. The Morgan fingerprint density at radius 3 is 2.75 bits per heavy atom. The second-order valence-electron chi connectivity index (χ2n) is 8.27. The summed E-state index contributed by atoms with van der Waals surface area (Å²) in [5.41, 5.74) is 4.06. The summed E-state index contributed by atoms with van der Waals surface area (Å²) in [6, 6.07) is 8.92. The number of nitrogens with one attached hydrogen (secondary N) is 1. The highest BCUT2D eigenvalue weighted by atomic mass is 16.3.